The van der Waals surface area contributed by atoms with Crippen LogP contribution in [0.2, 0.25) is 0 Å². The standard InChI is InChI=1S/C41H64N2O11/c1-15-30(24-44)43(38(47)54-39(6,7)8)23-25(2)22-41(11,48-14)34(27(4)32-28(5)35(45)53-40(9,10)52-32)51-37-33(31(42(12)13)21-26(3)49-37)50-36(46)29-19-17-16-18-20-29/h15-20,25-27,30-31,33-34,37,44H,1,21-24H2,2-14H3/t25-,26-,27+,30-,31+,33-,34-,37+,41-/m1/s1. The molecule has 1 fully saturated rings. The number of carbonyl (C=O) groups excluding carboxylic acids is 3. The van der Waals surface area contributed by atoms with Crippen molar-refractivity contribution in [2.24, 2.45) is 11.8 Å². The molecule has 1 aromatic carbocycles. The molecule has 1 aromatic rings. The van der Waals surface area contributed by atoms with Gasteiger partial charge >= 0.3 is 18.0 Å². The van der Waals surface area contributed by atoms with E-state index in [1.54, 1.807) is 72.9 Å². The molecular weight excluding hydrogens is 696 g/mol. The van der Waals surface area contributed by atoms with Crippen LogP contribution in [-0.4, -0.2) is 121 Å². The van der Waals surface area contributed by atoms with Gasteiger partial charge in [0.05, 0.1) is 47.6 Å². The third-order valence-electron chi connectivity index (χ3n) is 9.84. The third kappa shape index (κ3) is 11.5. The number of cyclic esters (lactones) is 1. The summed E-state index contributed by atoms with van der Waals surface area (Å²) in [5.74, 6) is -2.81. The van der Waals surface area contributed by atoms with Crippen LogP contribution in [-0.2, 0) is 38.0 Å². The molecule has 2 aliphatic rings. The van der Waals surface area contributed by atoms with Gasteiger partial charge in [0.25, 0.3) is 0 Å². The maximum absolute atomic E-state index is 13.6. The van der Waals surface area contributed by atoms with E-state index in [1.807, 2.05) is 52.8 Å². The number of amides is 1. The Balaban J connectivity index is 2.11. The fraction of sp³-hybridized carbons (Fsp3) is 0.683. The molecule has 1 saturated heterocycles. The van der Waals surface area contributed by atoms with E-state index in [0.29, 0.717) is 24.2 Å². The lowest BCUT2D eigenvalue weighted by Crippen LogP contribution is -2.60. The maximum atomic E-state index is 13.6. The number of rotatable bonds is 16. The summed E-state index contributed by atoms with van der Waals surface area (Å²) in [6.07, 6.45) is -1.26. The predicted molar refractivity (Wildman–Crippen MR) is 203 cm³/mol. The molecule has 0 spiro atoms. The number of aliphatic hydroxyl groups is 1. The van der Waals surface area contributed by atoms with Crippen LogP contribution in [0.1, 0.15) is 92.4 Å². The van der Waals surface area contributed by atoms with E-state index in [2.05, 4.69) is 6.58 Å². The summed E-state index contributed by atoms with van der Waals surface area (Å²) in [7, 11) is 5.41. The van der Waals surface area contributed by atoms with E-state index in [4.69, 9.17) is 33.2 Å². The zero-order valence-corrected chi connectivity index (χ0v) is 34.5. The SMILES string of the molecule is C=C[C@H](CO)N(C[C@H](C)C[C@@](C)(OC)[C@H](O[C@@H]1O[C@H](C)C[C@H](N(C)C)[C@H]1OC(=O)c1ccccc1)[C@@H](C)C1=C(C)C(=O)OC(C)(C)O1)C(=O)OC(C)(C)C. The van der Waals surface area contributed by atoms with Gasteiger partial charge in [-0.3, -0.25) is 4.90 Å². The number of carbonyl (C=O) groups is 3. The van der Waals surface area contributed by atoms with Crippen LogP contribution in [0, 0.1) is 11.8 Å². The van der Waals surface area contributed by atoms with Gasteiger partial charge in [-0.05, 0) is 86.5 Å². The normalized spacial score (nSPS) is 25.0. The first-order chi connectivity index (χ1) is 25.1. The first kappa shape index (κ1) is 44.9. The molecule has 304 valence electrons. The van der Waals surface area contributed by atoms with Crippen LogP contribution in [0.25, 0.3) is 0 Å². The average molecular weight is 761 g/mol. The Hall–Kier alpha value is -3.49. The summed E-state index contributed by atoms with van der Waals surface area (Å²) in [6, 6.07) is 7.77. The molecule has 13 heteroatoms. The summed E-state index contributed by atoms with van der Waals surface area (Å²) in [5.41, 5.74) is -1.22. The van der Waals surface area contributed by atoms with E-state index in [9.17, 15) is 19.5 Å². The minimum absolute atomic E-state index is 0.181. The molecule has 3 rings (SSSR count). The third-order valence-corrected chi connectivity index (χ3v) is 9.84. The van der Waals surface area contributed by atoms with Crippen molar-refractivity contribution < 1.29 is 52.6 Å². The maximum Gasteiger partial charge on any atom is 0.410 e. The Bertz CT molecular complexity index is 1470. The lowest BCUT2D eigenvalue weighted by Gasteiger charge is -2.48. The average Bonchev–Trinajstić information content (AvgIpc) is 3.08. The van der Waals surface area contributed by atoms with Crippen molar-refractivity contribution in [1.82, 2.24) is 9.80 Å². The van der Waals surface area contributed by atoms with Gasteiger partial charge in [0.1, 0.15) is 11.4 Å². The van der Waals surface area contributed by atoms with E-state index >= 15 is 0 Å². The van der Waals surface area contributed by atoms with Crippen LogP contribution in [0.3, 0.4) is 0 Å². The molecule has 0 aromatic heterocycles. The predicted octanol–water partition coefficient (Wildman–Crippen LogP) is 6.10. The highest BCUT2D eigenvalue weighted by Crippen LogP contribution is 2.41. The molecule has 13 nitrogen and oxygen atoms in total. The van der Waals surface area contributed by atoms with Crippen molar-refractivity contribution in [1.29, 1.82) is 0 Å². The van der Waals surface area contributed by atoms with Crippen LogP contribution in [0.4, 0.5) is 4.79 Å². The van der Waals surface area contributed by atoms with Gasteiger partial charge in [-0.1, -0.05) is 38.1 Å². The number of likely N-dealkylation sites (N-methyl/N-ethyl adjacent to an activating group) is 1. The van der Waals surface area contributed by atoms with E-state index in [0.717, 1.165) is 0 Å². The number of aliphatic hydroxyl groups excluding tert-OH is 1. The Morgan fingerprint density at radius 1 is 1.11 bits per heavy atom. The van der Waals surface area contributed by atoms with Crippen molar-refractivity contribution in [2.75, 3.05) is 34.4 Å². The van der Waals surface area contributed by atoms with E-state index in [-0.39, 0.29) is 36.8 Å². The zero-order valence-electron chi connectivity index (χ0n) is 34.5. The number of hydrogen-bond acceptors (Lipinski definition) is 12. The lowest BCUT2D eigenvalue weighted by molar-refractivity contribution is -0.298. The Kier molecular flexibility index (Phi) is 15.3. The number of ether oxygens (including phenoxy) is 7. The fourth-order valence-electron chi connectivity index (χ4n) is 7.18. The molecular formula is C41H64N2O11. The first-order valence-corrected chi connectivity index (χ1v) is 18.7. The number of methoxy groups -OCH3 is 1. The monoisotopic (exact) mass is 760 g/mol. The molecule has 2 heterocycles. The second-order valence-corrected chi connectivity index (χ2v) is 16.5. The highest BCUT2D eigenvalue weighted by molar-refractivity contribution is 5.90. The Morgan fingerprint density at radius 3 is 2.28 bits per heavy atom. The lowest BCUT2D eigenvalue weighted by atomic mass is 9.80. The van der Waals surface area contributed by atoms with Gasteiger partial charge in [-0.25, -0.2) is 14.4 Å². The van der Waals surface area contributed by atoms with Crippen LogP contribution in [0.5, 0.6) is 0 Å². The smallest absolute Gasteiger partial charge is 0.410 e. The molecule has 0 unspecified atom stereocenters. The van der Waals surface area contributed by atoms with E-state index in [1.165, 1.54) is 11.0 Å². The topological polar surface area (TPSA) is 143 Å². The first-order valence-electron chi connectivity index (χ1n) is 18.7. The molecule has 1 amide bonds. The van der Waals surface area contributed by atoms with Gasteiger partial charge in [-0.15, -0.1) is 6.58 Å². The van der Waals surface area contributed by atoms with Crippen molar-refractivity contribution in [3.05, 3.63) is 59.9 Å². The van der Waals surface area contributed by atoms with Crippen LogP contribution >= 0.6 is 0 Å². The number of esters is 2. The molecule has 0 aliphatic carbocycles. The molecule has 2 aliphatic heterocycles. The van der Waals surface area contributed by atoms with Crippen molar-refractivity contribution in [2.45, 2.75) is 136 Å². The number of hydrogen-bond donors (Lipinski definition) is 1. The second-order valence-electron chi connectivity index (χ2n) is 16.5. The molecule has 9 atom stereocenters. The van der Waals surface area contributed by atoms with Gasteiger partial charge < -0.3 is 43.2 Å². The van der Waals surface area contributed by atoms with Crippen molar-refractivity contribution in [3.63, 3.8) is 0 Å². The quantitative estimate of drug-likeness (QED) is 0.118. The zero-order chi connectivity index (χ0) is 40.8. The highest BCUT2D eigenvalue weighted by Gasteiger charge is 2.50. The summed E-state index contributed by atoms with van der Waals surface area (Å²) in [5, 5.41) is 10.2. The second kappa shape index (κ2) is 18.4. The molecule has 1 N–H and O–H groups in total. The minimum Gasteiger partial charge on any atom is -0.456 e. The summed E-state index contributed by atoms with van der Waals surface area (Å²) >= 11 is 0. The van der Waals surface area contributed by atoms with Crippen LogP contribution < -0.4 is 0 Å². The van der Waals surface area contributed by atoms with Gasteiger partial charge in [-0.2, -0.15) is 0 Å². The Labute approximate surface area is 321 Å². The summed E-state index contributed by atoms with van der Waals surface area (Å²) in [6.45, 7) is 21.6. The minimum atomic E-state index is -1.25. The van der Waals surface area contributed by atoms with E-state index < -0.39 is 65.5 Å². The van der Waals surface area contributed by atoms with Gasteiger partial charge in [0.15, 0.2) is 12.4 Å². The summed E-state index contributed by atoms with van der Waals surface area (Å²) < 4.78 is 43.7. The van der Waals surface area contributed by atoms with Gasteiger partial charge in [0.2, 0.25) is 5.79 Å². The molecule has 0 saturated carbocycles. The Morgan fingerprint density at radius 2 is 1.74 bits per heavy atom. The largest absolute Gasteiger partial charge is 0.456 e. The van der Waals surface area contributed by atoms with Crippen LogP contribution in [0.15, 0.2) is 54.3 Å². The highest BCUT2D eigenvalue weighted by atomic mass is 16.7. The van der Waals surface area contributed by atoms with Crippen molar-refractivity contribution in [3.8, 4) is 0 Å². The molecule has 0 radical (unpaired) electrons. The number of benzene rings is 1. The number of nitrogens with zero attached hydrogens (tertiary/aromatic N) is 2. The van der Waals surface area contributed by atoms with Gasteiger partial charge in [0, 0.05) is 33.4 Å². The van der Waals surface area contributed by atoms with Crippen molar-refractivity contribution >= 4 is 18.0 Å². The fourth-order valence-corrected chi connectivity index (χ4v) is 7.18. The molecule has 54 heavy (non-hydrogen) atoms. The molecule has 0 bridgehead atoms. The summed E-state index contributed by atoms with van der Waals surface area (Å²) in [4.78, 5) is 43.5.